The Morgan fingerprint density at radius 2 is 1.90 bits per heavy atom. The van der Waals surface area contributed by atoms with Crippen molar-refractivity contribution in [2.75, 3.05) is 19.5 Å². The molecule has 0 fully saturated rings. The SMILES string of the molecule is COc1ccc(CCOC(=O)c2c(N)cccc2Cl)cc1. The zero-order valence-electron chi connectivity index (χ0n) is 11.6. The maximum atomic E-state index is 12.0. The normalized spacial score (nSPS) is 10.2. The number of carbonyl (C=O) groups excluding carboxylic acids is 1. The fraction of sp³-hybridized carbons (Fsp3) is 0.188. The fourth-order valence-corrected chi connectivity index (χ4v) is 2.14. The summed E-state index contributed by atoms with van der Waals surface area (Å²) in [4.78, 5) is 12.0. The van der Waals surface area contributed by atoms with Crippen molar-refractivity contribution < 1.29 is 14.3 Å². The van der Waals surface area contributed by atoms with Gasteiger partial charge >= 0.3 is 5.97 Å². The van der Waals surface area contributed by atoms with Crippen molar-refractivity contribution in [3.63, 3.8) is 0 Å². The number of carbonyl (C=O) groups is 1. The minimum Gasteiger partial charge on any atom is -0.497 e. The molecular weight excluding hydrogens is 290 g/mol. The van der Waals surface area contributed by atoms with Crippen molar-refractivity contribution in [1.29, 1.82) is 0 Å². The van der Waals surface area contributed by atoms with E-state index in [2.05, 4.69) is 0 Å². The van der Waals surface area contributed by atoms with Crippen LogP contribution in [0.1, 0.15) is 15.9 Å². The summed E-state index contributed by atoms with van der Waals surface area (Å²) in [6.45, 7) is 0.260. The van der Waals surface area contributed by atoms with Gasteiger partial charge in [0.1, 0.15) is 11.3 Å². The largest absolute Gasteiger partial charge is 0.497 e. The predicted octanol–water partition coefficient (Wildman–Crippen LogP) is 3.33. The molecule has 2 aromatic rings. The Morgan fingerprint density at radius 1 is 1.19 bits per heavy atom. The van der Waals surface area contributed by atoms with Crippen LogP contribution < -0.4 is 10.5 Å². The number of halogens is 1. The van der Waals surface area contributed by atoms with E-state index < -0.39 is 5.97 Å². The van der Waals surface area contributed by atoms with Crippen LogP contribution in [0.25, 0.3) is 0 Å². The summed E-state index contributed by atoms with van der Waals surface area (Å²) in [6, 6.07) is 12.5. The monoisotopic (exact) mass is 305 g/mol. The van der Waals surface area contributed by atoms with Gasteiger partial charge in [0.05, 0.1) is 18.7 Å². The highest BCUT2D eigenvalue weighted by atomic mass is 35.5. The molecule has 0 aliphatic carbocycles. The Morgan fingerprint density at radius 3 is 2.52 bits per heavy atom. The summed E-state index contributed by atoms with van der Waals surface area (Å²) in [5.41, 5.74) is 7.32. The first kappa shape index (κ1) is 15.2. The zero-order valence-corrected chi connectivity index (χ0v) is 12.4. The third kappa shape index (κ3) is 3.89. The van der Waals surface area contributed by atoms with E-state index in [4.69, 9.17) is 26.8 Å². The lowest BCUT2D eigenvalue weighted by molar-refractivity contribution is 0.0511. The average Bonchev–Trinajstić information content (AvgIpc) is 2.48. The summed E-state index contributed by atoms with van der Waals surface area (Å²) in [6.07, 6.45) is 0.611. The zero-order chi connectivity index (χ0) is 15.2. The van der Waals surface area contributed by atoms with Crippen LogP contribution in [0.5, 0.6) is 5.75 Å². The minimum absolute atomic E-state index is 0.217. The number of nitrogens with two attached hydrogens (primary N) is 1. The molecule has 4 nitrogen and oxygen atoms in total. The number of rotatable bonds is 5. The average molecular weight is 306 g/mol. The maximum absolute atomic E-state index is 12.0. The molecule has 2 aromatic carbocycles. The number of methoxy groups -OCH3 is 1. The van der Waals surface area contributed by atoms with E-state index in [-0.39, 0.29) is 12.2 Å². The van der Waals surface area contributed by atoms with Gasteiger partial charge < -0.3 is 15.2 Å². The number of hydrogen-bond donors (Lipinski definition) is 1. The Bertz CT molecular complexity index is 606. The van der Waals surface area contributed by atoms with E-state index in [1.807, 2.05) is 24.3 Å². The first-order chi connectivity index (χ1) is 10.1. The van der Waals surface area contributed by atoms with Crippen molar-refractivity contribution >= 4 is 23.3 Å². The molecule has 0 aliphatic rings. The quantitative estimate of drug-likeness (QED) is 0.680. The lowest BCUT2D eigenvalue weighted by Gasteiger charge is -2.09. The lowest BCUT2D eigenvalue weighted by atomic mass is 10.1. The van der Waals surface area contributed by atoms with Crippen molar-refractivity contribution in [1.82, 2.24) is 0 Å². The third-order valence-electron chi connectivity index (χ3n) is 3.03. The molecule has 0 bridgehead atoms. The van der Waals surface area contributed by atoms with Gasteiger partial charge in [-0.2, -0.15) is 0 Å². The number of nitrogen functional groups attached to an aromatic ring is 1. The number of ether oxygens (including phenoxy) is 2. The highest BCUT2D eigenvalue weighted by Crippen LogP contribution is 2.22. The number of hydrogen-bond acceptors (Lipinski definition) is 4. The van der Waals surface area contributed by atoms with Gasteiger partial charge in [-0.15, -0.1) is 0 Å². The van der Waals surface area contributed by atoms with Crippen LogP contribution in [-0.4, -0.2) is 19.7 Å². The van der Waals surface area contributed by atoms with Gasteiger partial charge in [-0.25, -0.2) is 4.79 Å². The predicted molar refractivity (Wildman–Crippen MR) is 82.8 cm³/mol. The van der Waals surface area contributed by atoms with Crippen LogP contribution in [-0.2, 0) is 11.2 Å². The van der Waals surface area contributed by atoms with E-state index in [1.54, 1.807) is 25.3 Å². The second-order valence-corrected chi connectivity index (χ2v) is 4.85. The topological polar surface area (TPSA) is 61.5 Å². The van der Waals surface area contributed by atoms with Crippen LogP contribution in [0, 0.1) is 0 Å². The first-order valence-electron chi connectivity index (χ1n) is 6.46. The molecule has 2 rings (SSSR count). The van der Waals surface area contributed by atoms with Crippen LogP contribution in [0.3, 0.4) is 0 Å². The standard InChI is InChI=1S/C16H16ClNO3/c1-20-12-7-5-11(6-8-12)9-10-21-16(19)15-13(17)3-2-4-14(15)18/h2-8H,9-10,18H2,1H3. The maximum Gasteiger partial charge on any atom is 0.341 e. The smallest absolute Gasteiger partial charge is 0.341 e. The molecule has 0 saturated carbocycles. The Labute approximate surface area is 128 Å². The first-order valence-corrected chi connectivity index (χ1v) is 6.83. The highest BCUT2D eigenvalue weighted by molar-refractivity contribution is 6.34. The molecule has 0 saturated heterocycles. The lowest BCUT2D eigenvalue weighted by Crippen LogP contribution is -2.11. The number of esters is 1. The second kappa shape index (κ2) is 6.99. The molecule has 5 heteroatoms. The molecule has 2 N–H and O–H groups in total. The van der Waals surface area contributed by atoms with Gasteiger partial charge in [-0.05, 0) is 29.8 Å². The van der Waals surface area contributed by atoms with Crippen molar-refractivity contribution in [3.05, 3.63) is 58.6 Å². The number of benzene rings is 2. The van der Waals surface area contributed by atoms with E-state index >= 15 is 0 Å². The van der Waals surface area contributed by atoms with Gasteiger partial charge in [0.25, 0.3) is 0 Å². The molecule has 0 unspecified atom stereocenters. The molecule has 21 heavy (non-hydrogen) atoms. The summed E-state index contributed by atoms with van der Waals surface area (Å²) >= 11 is 5.96. The molecular formula is C16H16ClNO3. The van der Waals surface area contributed by atoms with E-state index in [9.17, 15) is 4.79 Å². The van der Waals surface area contributed by atoms with Crippen molar-refractivity contribution in [2.24, 2.45) is 0 Å². The highest BCUT2D eigenvalue weighted by Gasteiger charge is 2.15. The van der Waals surface area contributed by atoms with E-state index in [0.717, 1.165) is 11.3 Å². The van der Waals surface area contributed by atoms with Gasteiger partial charge in [0, 0.05) is 12.1 Å². The number of anilines is 1. The molecule has 0 amide bonds. The van der Waals surface area contributed by atoms with Gasteiger partial charge in [-0.3, -0.25) is 0 Å². The molecule has 0 aromatic heterocycles. The summed E-state index contributed by atoms with van der Waals surface area (Å²) in [5, 5.41) is 0.296. The minimum atomic E-state index is -0.508. The Balaban J connectivity index is 1.92. The van der Waals surface area contributed by atoms with E-state index in [0.29, 0.717) is 17.1 Å². The molecule has 0 atom stereocenters. The second-order valence-electron chi connectivity index (χ2n) is 4.44. The van der Waals surface area contributed by atoms with Crippen LogP contribution in [0.2, 0.25) is 5.02 Å². The van der Waals surface area contributed by atoms with E-state index in [1.165, 1.54) is 0 Å². The van der Waals surface area contributed by atoms with Crippen molar-refractivity contribution in [3.8, 4) is 5.75 Å². The van der Waals surface area contributed by atoms with Gasteiger partial charge in [0.15, 0.2) is 0 Å². The Hall–Kier alpha value is -2.20. The molecule has 0 spiro atoms. The molecule has 0 heterocycles. The Kier molecular flexibility index (Phi) is 5.06. The van der Waals surface area contributed by atoms with Crippen LogP contribution in [0.4, 0.5) is 5.69 Å². The summed E-state index contributed by atoms with van der Waals surface area (Å²) in [7, 11) is 1.62. The third-order valence-corrected chi connectivity index (χ3v) is 3.35. The van der Waals surface area contributed by atoms with Crippen LogP contribution >= 0.6 is 11.6 Å². The molecule has 110 valence electrons. The van der Waals surface area contributed by atoms with Crippen LogP contribution in [0.15, 0.2) is 42.5 Å². The van der Waals surface area contributed by atoms with Gasteiger partial charge in [-0.1, -0.05) is 29.8 Å². The van der Waals surface area contributed by atoms with Gasteiger partial charge in [0.2, 0.25) is 0 Å². The summed E-state index contributed by atoms with van der Waals surface area (Å²) < 4.78 is 10.3. The molecule has 0 aliphatic heterocycles. The summed E-state index contributed by atoms with van der Waals surface area (Å²) in [5.74, 6) is 0.284. The van der Waals surface area contributed by atoms with Crippen molar-refractivity contribution in [2.45, 2.75) is 6.42 Å². The molecule has 0 radical (unpaired) electrons. The fourth-order valence-electron chi connectivity index (χ4n) is 1.88.